The van der Waals surface area contributed by atoms with Crippen LogP contribution in [0.1, 0.15) is 45.1 Å². The average Bonchev–Trinajstić information content (AvgIpc) is 3.13. The minimum absolute atomic E-state index is 0.0135. The molecule has 1 heterocycles. The van der Waals surface area contributed by atoms with Gasteiger partial charge in [0.25, 0.3) is 0 Å². The average molecular weight is 408 g/mol. The number of nitrogens with one attached hydrogen (secondary N) is 1. The Morgan fingerprint density at radius 1 is 1.21 bits per heavy atom. The van der Waals surface area contributed by atoms with E-state index in [4.69, 9.17) is 16.7 Å². The molecule has 0 radical (unpaired) electrons. The lowest BCUT2D eigenvalue weighted by molar-refractivity contribution is -0.124. The van der Waals surface area contributed by atoms with E-state index in [0.29, 0.717) is 11.6 Å². The molecule has 29 heavy (non-hydrogen) atoms. The second-order valence-electron chi connectivity index (χ2n) is 7.65. The summed E-state index contributed by atoms with van der Waals surface area (Å²) in [7, 11) is 0. The van der Waals surface area contributed by atoms with Crippen molar-refractivity contribution in [3.8, 4) is 11.3 Å². The molecule has 0 fully saturated rings. The Bertz CT molecular complexity index is 1040. The molecule has 1 aliphatic rings. The van der Waals surface area contributed by atoms with Crippen LogP contribution in [-0.2, 0) is 4.79 Å². The fourth-order valence-corrected chi connectivity index (χ4v) is 4.13. The lowest BCUT2D eigenvalue weighted by Gasteiger charge is -2.16. The van der Waals surface area contributed by atoms with Crippen LogP contribution in [0.15, 0.2) is 60.2 Å². The predicted octanol–water partition coefficient (Wildman–Crippen LogP) is 5.92. The number of amides is 1. The molecule has 1 N–H and O–H groups in total. The van der Waals surface area contributed by atoms with E-state index in [9.17, 15) is 4.79 Å². The van der Waals surface area contributed by atoms with Gasteiger partial charge in [-0.15, -0.1) is 0 Å². The predicted molar refractivity (Wildman–Crippen MR) is 119 cm³/mol. The smallest absolute Gasteiger partial charge is 0.244 e. The van der Waals surface area contributed by atoms with Crippen molar-refractivity contribution in [2.45, 2.75) is 45.1 Å². The third-order valence-electron chi connectivity index (χ3n) is 5.59. The van der Waals surface area contributed by atoms with E-state index in [2.05, 4.69) is 11.4 Å². The highest BCUT2D eigenvalue weighted by Gasteiger charge is 2.21. The fourth-order valence-electron chi connectivity index (χ4n) is 3.95. The van der Waals surface area contributed by atoms with E-state index >= 15 is 0 Å². The molecule has 1 aliphatic carbocycles. The molecule has 5 heteroatoms. The number of carbonyl (C=O) groups is 1. The van der Waals surface area contributed by atoms with Crippen LogP contribution in [0.25, 0.3) is 22.2 Å². The van der Waals surface area contributed by atoms with Crippen molar-refractivity contribution in [1.82, 2.24) is 15.1 Å². The molecule has 3 aromatic rings. The van der Waals surface area contributed by atoms with Gasteiger partial charge >= 0.3 is 0 Å². The Morgan fingerprint density at radius 3 is 2.79 bits per heavy atom. The van der Waals surface area contributed by atoms with E-state index in [1.165, 1.54) is 24.8 Å². The highest BCUT2D eigenvalue weighted by Crippen LogP contribution is 2.31. The van der Waals surface area contributed by atoms with Gasteiger partial charge in [-0.3, -0.25) is 9.48 Å². The van der Waals surface area contributed by atoms with Gasteiger partial charge in [-0.05, 0) is 57.2 Å². The van der Waals surface area contributed by atoms with Gasteiger partial charge in [-0.1, -0.05) is 53.6 Å². The number of nitrogens with zero attached hydrogens (tertiary/aromatic N) is 2. The Morgan fingerprint density at radius 2 is 2.03 bits per heavy atom. The zero-order valence-corrected chi connectivity index (χ0v) is 17.5. The minimum atomic E-state index is -0.406. The van der Waals surface area contributed by atoms with Crippen LogP contribution < -0.4 is 5.32 Å². The molecule has 4 rings (SSSR count). The zero-order chi connectivity index (χ0) is 20.2. The second kappa shape index (κ2) is 8.83. The van der Waals surface area contributed by atoms with Crippen molar-refractivity contribution in [3.63, 3.8) is 0 Å². The van der Waals surface area contributed by atoms with Gasteiger partial charge in [0.1, 0.15) is 11.7 Å². The molecule has 150 valence electrons. The molecule has 0 bridgehead atoms. The van der Waals surface area contributed by atoms with E-state index < -0.39 is 6.04 Å². The quantitative estimate of drug-likeness (QED) is 0.515. The molecule has 1 amide bonds. The number of benzene rings is 2. The largest absolute Gasteiger partial charge is 0.354 e. The third-order valence-corrected chi connectivity index (χ3v) is 5.83. The van der Waals surface area contributed by atoms with Crippen LogP contribution >= 0.6 is 11.6 Å². The first-order chi connectivity index (χ1) is 14.1. The monoisotopic (exact) mass is 407 g/mol. The Kier molecular flexibility index (Phi) is 6.00. The van der Waals surface area contributed by atoms with Crippen molar-refractivity contribution < 1.29 is 4.79 Å². The molecular formula is C24H26ClN3O. The fraction of sp³-hybridized carbons (Fsp3) is 0.333. The lowest BCUT2D eigenvalue weighted by atomic mass is 9.97. The summed E-state index contributed by atoms with van der Waals surface area (Å²) in [6.07, 6.45) is 8.15. The number of allylic oxidation sites excluding steroid dienone is 1. The third kappa shape index (κ3) is 4.38. The molecule has 1 aromatic heterocycles. The van der Waals surface area contributed by atoms with Crippen LogP contribution in [0.3, 0.4) is 0 Å². The van der Waals surface area contributed by atoms with Gasteiger partial charge in [-0.25, -0.2) is 0 Å². The summed E-state index contributed by atoms with van der Waals surface area (Å²) in [6, 6.07) is 15.3. The summed E-state index contributed by atoms with van der Waals surface area (Å²) in [4.78, 5) is 12.8. The van der Waals surface area contributed by atoms with Crippen molar-refractivity contribution >= 4 is 28.4 Å². The van der Waals surface area contributed by atoms with Crippen LogP contribution in [0.4, 0.5) is 0 Å². The molecule has 0 saturated heterocycles. The first-order valence-corrected chi connectivity index (χ1v) is 10.7. The van der Waals surface area contributed by atoms with Gasteiger partial charge in [-0.2, -0.15) is 5.10 Å². The van der Waals surface area contributed by atoms with E-state index in [1.54, 1.807) is 0 Å². The van der Waals surface area contributed by atoms with Crippen molar-refractivity contribution in [2.75, 3.05) is 6.54 Å². The summed E-state index contributed by atoms with van der Waals surface area (Å²) < 4.78 is 1.81. The van der Waals surface area contributed by atoms with Gasteiger partial charge in [0, 0.05) is 22.5 Å². The van der Waals surface area contributed by atoms with E-state index in [-0.39, 0.29) is 5.91 Å². The first-order valence-electron chi connectivity index (χ1n) is 10.3. The molecule has 0 aliphatic heterocycles. The topological polar surface area (TPSA) is 46.9 Å². The maximum absolute atomic E-state index is 12.8. The number of fused-ring (bicyclic) bond motifs is 1. The summed E-state index contributed by atoms with van der Waals surface area (Å²) in [6.45, 7) is 2.57. The summed E-state index contributed by atoms with van der Waals surface area (Å²) in [5.74, 6) is -0.0135. The van der Waals surface area contributed by atoms with E-state index in [0.717, 1.165) is 35.0 Å². The molecule has 2 aromatic carbocycles. The number of rotatable bonds is 6. The molecule has 4 nitrogen and oxygen atoms in total. The van der Waals surface area contributed by atoms with Crippen LogP contribution in [0.5, 0.6) is 0 Å². The number of hydrogen-bond acceptors (Lipinski definition) is 2. The molecule has 1 atom stereocenters. The van der Waals surface area contributed by atoms with E-state index in [1.807, 2.05) is 60.1 Å². The van der Waals surface area contributed by atoms with Gasteiger partial charge < -0.3 is 5.32 Å². The van der Waals surface area contributed by atoms with Gasteiger partial charge in [0.2, 0.25) is 5.91 Å². The maximum atomic E-state index is 12.8. The van der Waals surface area contributed by atoms with Crippen LogP contribution in [0, 0.1) is 0 Å². The van der Waals surface area contributed by atoms with Crippen molar-refractivity contribution in [3.05, 3.63) is 65.2 Å². The highest BCUT2D eigenvalue weighted by molar-refractivity contribution is 6.31. The van der Waals surface area contributed by atoms with Crippen LogP contribution in [-0.4, -0.2) is 22.2 Å². The Hall–Kier alpha value is -2.59. The standard InChI is InChI=1S/C24H26ClN3O/c1-17(24(29)26-15-14-18-8-4-2-5-9-18)28-22-13-12-20(25)16-21(22)23(27-28)19-10-6-3-7-11-19/h3,6-8,10-13,16-17H,2,4-5,9,14-15H2,1H3,(H,26,29)/t17-/m0/s1. The van der Waals surface area contributed by atoms with Crippen molar-refractivity contribution in [2.24, 2.45) is 0 Å². The molecule has 0 saturated carbocycles. The molecule has 0 spiro atoms. The van der Waals surface area contributed by atoms with Gasteiger partial charge in [0.15, 0.2) is 0 Å². The number of carbonyl (C=O) groups excluding carboxylic acids is 1. The number of hydrogen-bond donors (Lipinski definition) is 1. The summed E-state index contributed by atoms with van der Waals surface area (Å²) in [5, 5.41) is 9.51. The van der Waals surface area contributed by atoms with Gasteiger partial charge in [0.05, 0.1) is 5.52 Å². The highest BCUT2D eigenvalue weighted by atomic mass is 35.5. The second-order valence-corrected chi connectivity index (χ2v) is 8.08. The Labute approximate surface area is 176 Å². The minimum Gasteiger partial charge on any atom is -0.354 e. The lowest BCUT2D eigenvalue weighted by Crippen LogP contribution is -2.32. The molecule has 0 unspecified atom stereocenters. The van der Waals surface area contributed by atoms with Crippen molar-refractivity contribution in [1.29, 1.82) is 0 Å². The summed E-state index contributed by atoms with van der Waals surface area (Å²) in [5.41, 5.74) is 4.23. The van der Waals surface area contributed by atoms with Crippen LogP contribution in [0.2, 0.25) is 5.02 Å². The normalized spacial score (nSPS) is 15.2. The Balaban J connectivity index is 1.56. The first kappa shape index (κ1) is 19.7. The molecular weight excluding hydrogens is 382 g/mol. The summed E-state index contributed by atoms with van der Waals surface area (Å²) >= 11 is 6.25. The maximum Gasteiger partial charge on any atom is 0.244 e. The number of aromatic nitrogens is 2. The number of halogens is 1. The SMILES string of the molecule is C[C@@H](C(=O)NCCC1=CCCCC1)n1nc(-c2ccccc2)c2cc(Cl)ccc21. The zero-order valence-electron chi connectivity index (χ0n) is 16.7.